The van der Waals surface area contributed by atoms with Gasteiger partial charge in [0.2, 0.25) is 5.95 Å². The molecule has 2 fully saturated rings. The molecule has 49 heavy (non-hydrogen) atoms. The van der Waals surface area contributed by atoms with Crippen molar-refractivity contribution >= 4 is 46.1 Å². The van der Waals surface area contributed by atoms with Gasteiger partial charge in [0.25, 0.3) is 11.5 Å². The zero-order chi connectivity index (χ0) is 35.3. The smallest absolute Gasteiger partial charge is 0.264 e. The molecule has 2 saturated heterocycles. The van der Waals surface area contributed by atoms with E-state index in [9.17, 15) is 14.9 Å². The van der Waals surface area contributed by atoms with Crippen LogP contribution in [0.2, 0.25) is 10.0 Å². The van der Waals surface area contributed by atoms with Crippen LogP contribution in [0.25, 0.3) is 22.2 Å². The lowest BCUT2D eigenvalue weighted by atomic mass is 9.97. The van der Waals surface area contributed by atoms with Gasteiger partial charge in [0.15, 0.2) is 0 Å². The molecule has 0 spiro atoms. The highest BCUT2D eigenvalue weighted by molar-refractivity contribution is 6.41. The second-order valence-corrected chi connectivity index (χ2v) is 13.1. The molecule has 1 amide bonds. The number of carbonyl (C=O) groups is 1. The van der Waals surface area contributed by atoms with Crippen LogP contribution in [0, 0.1) is 11.3 Å². The fourth-order valence-corrected chi connectivity index (χ4v) is 6.92. The number of pyridine rings is 1. The highest BCUT2D eigenvalue weighted by Gasteiger charge is 2.31. The third-order valence-electron chi connectivity index (χ3n) is 8.97. The van der Waals surface area contributed by atoms with E-state index in [2.05, 4.69) is 26.3 Å². The van der Waals surface area contributed by atoms with Crippen molar-refractivity contribution in [3.05, 3.63) is 50.4 Å². The van der Waals surface area contributed by atoms with E-state index in [1.807, 2.05) is 13.8 Å². The molecular weight excluding hydrogens is 673 g/mol. The SMILES string of the molecule is CNc1ncc2cc(-c3c(Cl)c(OC)cc(OC)c3Cl)c(=O)n(CCOC3CCN(C(=O)/C(C#N)=C\C(C)(C)N4CCOCC4)CC3)c2n1. The lowest BCUT2D eigenvalue weighted by molar-refractivity contribution is -0.129. The van der Waals surface area contributed by atoms with E-state index in [4.69, 9.17) is 42.1 Å². The topological polar surface area (TPSA) is 144 Å². The summed E-state index contributed by atoms with van der Waals surface area (Å²) in [4.78, 5) is 40.3. The molecule has 0 bridgehead atoms. The Morgan fingerprint density at radius 1 is 1.12 bits per heavy atom. The lowest BCUT2D eigenvalue weighted by Crippen LogP contribution is -2.49. The van der Waals surface area contributed by atoms with Gasteiger partial charge in [-0.15, -0.1) is 0 Å². The van der Waals surface area contributed by atoms with Crippen LogP contribution in [-0.4, -0.2) is 109 Å². The third kappa shape index (κ3) is 7.79. The van der Waals surface area contributed by atoms with E-state index in [0.717, 1.165) is 13.1 Å². The Balaban J connectivity index is 1.32. The minimum Gasteiger partial charge on any atom is -0.495 e. The molecule has 2 aliphatic rings. The first kappa shape index (κ1) is 36.4. The molecule has 262 valence electrons. The minimum absolute atomic E-state index is 0.137. The normalized spacial score (nSPS) is 16.4. The maximum atomic E-state index is 14.1. The Morgan fingerprint density at radius 3 is 2.37 bits per heavy atom. The maximum Gasteiger partial charge on any atom is 0.264 e. The molecule has 13 nitrogen and oxygen atoms in total. The zero-order valence-corrected chi connectivity index (χ0v) is 29.9. The molecule has 0 unspecified atom stereocenters. The predicted octanol–water partition coefficient (Wildman–Crippen LogP) is 4.39. The standard InChI is InChI=1S/C34H41Cl2N7O6/c1-34(2,42-10-13-48-14-11-42)18-22(19-37)31(44)41-8-6-23(7-9-41)49-15-12-43-30-21(20-39-33(38-3)40-30)16-24(32(43)45)27-28(35)25(46-4)17-26(47-5)29(27)36/h16-18,20,23H,6-15H2,1-5H3,(H,38,39,40)/b22-18-. The van der Waals surface area contributed by atoms with Gasteiger partial charge < -0.3 is 29.2 Å². The molecule has 0 atom stereocenters. The molecule has 0 aliphatic carbocycles. The highest BCUT2D eigenvalue weighted by atomic mass is 35.5. The Hall–Kier alpha value is -3.93. The molecular formula is C34H41Cl2N7O6. The summed E-state index contributed by atoms with van der Waals surface area (Å²) >= 11 is 13.4. The molecule has 3 aromatic rings. The van der Waals surface area contributed by atoms with Gasteiger partial charge in [-0.3, -0.25) is 19.1 Å². The number of halogens is 2. The number of carbonyl (C=O) groups excluding carboxylic acids is 1. The number of nitrogens with zero attached hydrogens (tertiary/aromatic N) is 6. The summed E-state index contributed by atoms with van der Waals surface area (Å²) < 4.78 is 24.1. The number of morpholine rings is 1. The van der Waals surface area contributed by atoms with Crippen LogP contribution in [-0.2, 0) is 20.8 Å². The van der Waals surface area contributed by atoms with Gasteiger partial charge in [0.05, 0.1) is 62.3 Å². The molecule has 0 saturated carbocycles. The van der Waals surface area contributed by atoms with Crippen LogP contribution < -0.4 is 20.3 Å². The van der Waals surface area contributed by atoms with E-state index in [0.29, 0.717) is 67.6 Å². The van der Waals surface area contributed by atoms with Gasteiger partial charge >= 0.3 is 0 Å². The number of amides is 1. The number of aromatic nitrogens is 3. The van der Waals surface area contributed by atoms with Crippen LogP contribution in [0.3, 0.4) is 0 Å². The van der Waals surface area contributed by atoms with Crippen molar-refractivity contribution < 1.29 is 23.7 Å². The number of nitrogens with one attached hydrogen (secondary N) is 1. The summed E-state index contributed by atoms with van der Waals surface area (Å²) in [6.07, 6.45) is 4.43. The number of fused-ring (bicyclic) bond motifs is 1. The van der Waals surface area contributed by atoms with Gasteiger partial charge in [-0.25, -0.2) is 4.98 Å². The second-order valence-electron chi connectivity index (χ2n) is 12.3. The summed E-state index contributed by atoms with van der Waals surface area (Å²) in [5, 5.41) is 13.7. The van der Waals surface area contributed by atoms with Gasteiger partial charge in [0, 0.05) is 62.0 Å². The Labute approximate surface area is 295 Å². The van der Waals surface area contributed by atoms with Gasteiger partial charge in [-0.05, 0) is 38.8 Å². The van der Waals surface area contributed by atoms with Crippen LogP contribution in [0.1, 0.15) is 26.7 Å². The number of ether oxygens (including phenoxy) is 4. The average Bonchev–Trinajstić information content (AvgIpc) is 3.12. The van der Waals surface area contributed by atoms with Crippen LogP contribution in [0.15, 0.2) is 34.8 Å². The van der Waals surface area contributed by atoms with E-state index >= 15 is 0 Å². The number of hydrogen-bond donors (Lipinski definition) is 1. The number of hydrogen-bond acceptors (Lipinski definition) is 11. The molecule has 1 aromatic carbocycles. The van der Waals surface area contributed by atoms with Gasteiger partial charge in [0.1, 0.15) is 28.8 Å². The van der Waals surface area contributed by atoms with Gasteiger partial charge in [-0.1, -0.05) is 23.2 Å². The van der Waals surface area contributed by atoms with E-state index in [-0.39, 0.29) is 57.5 Å². The Kier molecular flexibility index (Phi) is 11.7. The van der Waals surface area contributed by atoms with E-state index in [1.165, 1.54) is 18.8 Å². The number of methoxy groups -OCH3 is 2. The van der Waals surface area contributed by atoms with Crippen LogP contribution in [0.4, 0.5) is 5.95 Å². The fraction of sp³-hybridized carbons (Fsp3) is 0.500. The second kappa shape index (κ2) is 15.7. The monoisotopic (exact) mass is 713 g/mol. The summed E-state index contributed by atoms with van der Waals surface area (Å²) in [7, 11) is 4.63. The van der Waals surface area contributed by atoms with E-state index < -0.39 is 5.54 Å². The summed E-state index contributed by atoms with van der Waals surface area (Å²) in [6.45, 7) is 8.04. The third-order valence-corrected chi connectivity index (χ3v) is 9.72. The van der Waals surface area contributed by atoms with E-state index in [1.54, 1.807) is 36.4 Å². The van der Waals surface area contributed by atoms with Crippen molar-refractivity contribution in [2.24, 2.45) is 0 Å². The molecule has 1 N–H and O–H groups in total. The summed E-state index contributed by atoms with van der Waals surface area (Å²) in [5.41, 5.74) is 0.209. The number of benzene rings is 1. The number of likely N-dealkylation sites (tertiary alicyclic amines) is 1. The summed E-state index contributed by atoms with van der Waals surface area (Å²) in [5.74, 6) is 0.683. The molecule has 2 aromatic heterocycles. The molecule has 15 heteroatoms. The van der Waals surface area contributed by atoms with Gasteiger partial charge in [-0.2, -0.15) is 10.2 Å². The quantitative estimate of drug-likeness (QED) is 0.223. The van der Waals surface area contributed by atoms with Crippen molar-refractivity contribution in [3.63, 3.8) is 0 Å². The average molecular weight is 715 g/mol. The van der Waals surface area contributed by atoms with Crippen LogP contribution in [0.5, 0.6) is 11.5 Å². The zero-order valence-electron chi connectivity index (χ0n) is 28.3. The number of rotatable bonds is 11. The Morgan fingerprint density at radius 2 is 1.78 bits per heavy atom. The minimum atomic E-state index is -0.459. The largest absolute Gasteiger partial charge is 0.495 e. The maximum absolute atomic E-state index is 14.1. The summed E-state index contributed by atoms with van der Waals surface area (Å²) in [6, 6.07) is 5.34. The highest BCUT2D eigenvalue weighted by Crippen LogP contribution is 2.45. The first-order chi connectivity index (χ1) is 23.5. The first-order valence-corrected chi connectivity index (χ1v) is 16.8. The Bertz CT molecular complexity index is 1800. The lowest BCUT2D eigenvalue weighted by Gasteiger charge is -2.39. The van der Waals surface area contributed by atoms with Crippen molar-refractivity contribution in [1.29, 1.82) is 5.26 Å². The fourth-order valence-electron chi connectivity index (χ4n) is 6.22. The van der Waals surface area contributed by atoms with Crippen molar-refractivity contribution in [2.75, 3.05) is 72.6 Å². The molecule has 4 heterocycles. The van der Waals surface area contributed by atoms with Crippen LogP contribution >= 0.6 is 23.2 Å². The number of nitriles is 1. The predicted molar refractivity (Wildman–Crippen MR) is 188 cm³/mol. The van der Waals surface area contributed by atoms with Crippen molar-refractivity contribution in [2.45, 2.75) is 44.9 Å². The number of piperidine rings is 1. The van der Waals surface area contributed by atoms with Crippen molar-refractivity contribution in [3.8, 4) is 28.7 Å². The molecule has 0 radical (unpaired) electrons. The first-order valence-electron chi connectivity index (χ1n) is 16.1. The molecule has 5 rings (SSSR count). The number of anilines is 1. The molecule has 2 aliphatic heterocycles. The van der Waals surface area contributed by atoms with Crippen molar-refractivity contribution in [1.82, 2.24) is 24.3 Å².